The van der Waals surface area contributed by atoms with Crippen molar-refractivity contribution in [2.45, 2.75) is 19.9 Å². The van der Waals surface area contributed by atoms with Crippen LogP contribution in [0.15, 0.2) is 29.3 Å². The van der Waals surface area contributed by atoms with Crippen LogP contribution in [0.25, 0.3) is 10.9 Å². The second-order valence-electron chi connectivity index (χ2n) is 4.62. The average molecular weight is 293 g/mol. The molecule has 6 nitrogen and oxygen atoms in total. The van der Waals surface area contributed by atoms with Crippen molar-refractivity contribution in [3.63, 3.8) is 0 Å². The van der Waals surface area contributed by atoms with Gasteiger partial charge in [-0.3, -0.25) is 19.5 Å². The molecule has 0 amide bonds. The lowest BCUT2D eigenvalue weighted by Gasteiger charge is -2.13. The zero-order valence-electron chi connectivity index (χ0n) is 11.0. The minimum absolute atomic E-state index is 0.101. The maximum atomic E-state index is 12.3. The topological polar surface area (TPSA) is 78.0 Å². The van der Waals surface area contributed by atoms with E-state index in [1.165, 1.54) is 29.1 Å². The summed E-state index contributed by atoms with van der Waals surface area (Å²) in [5, 5.41) is 11.1. The van der Waals surface area contributed by atoms with E-state index in [1.54, 1.807) is 0 Å². The Bertz CT molecular complexity index is 695. The molecule has 7 heteroatoms. The van der Waals surface area contributed by atoms with Crippen molar-refractivity contribution >= 4 is 29.2 Å². The van der Waals surface area contributed by atoms with Crippen molar-refractivity contribution in [1.29, 1.82) is 0 Å². The van der Waals surface area contributed by atoms with Crippen molar-refractivity contribution in [1.82, 2.24) is 9.55 Å². The molecule has 0 aliphatic carbocycles. The smallest absolute Gasteiger partial charge is 0.270 e. The van der Waals surface area contributed by atoms with Gasteiger partial charge in [-0.05, 0) is 17.7 Å². The van der Waals surface area contributed by atoms with Gasteiger partial charge < -0.3 is 0 Å². The maximum Gasteiger partial charge on any atom is 0.270 e. The Morgan fingerprint density at radius 2 is 2.25 bits per heavy atom. The number of aromatic nitrogens is 2. The Morgan fingerprint density at radius 1 is 1.50 bits per heavy atom. The van der Waals surface area contributed by atoms with Gasteiger partial charge in [0.25, 0.3) is 11.2 Å². The second kappa shape index (κ2) is 6.04. The van der Waals surface area contributed by atoms with E-state index < -0.39 is 4.92 Å². The molecule has 0 radical (unpaired) electrons. The van der Waals surface area contributed by atoms with Crippen LogP contribution >= 0.6 is 12.6 Å². The quantitative estimate of drug-likeness (QED) is 0.521. The molecule has 0 saturated carbocycles. The lowest BCUT2D eigenvalue weighted by molar-refractivity contribution is -0.384. The fraction of sp³-hybridized carbons (Fsp3) is 0.385. The number of non-ortho nitro benzene ring substituents is 1. The minimum atomic E-state index is -0.515. The molecule has 1 unspecified atom stereocenters. The summed E-state index contributed by atoms with van der Waals surface area (Å²) < 4.78 is 1.50. The predicted octanol–water partition coefficient (Wildman–Crippen LogP) is 2.26. The van der Waals surface area contributed by atoms with Crippen LogP contribution in [0.5, 0.6) is 0 Å². The highest BCUT2D eigenvalue weighted by atomic mass is 32.1. The van der Waals surface area contributed by atoms with Crippen LogP contribution < -0.4 is 5.56 Å². The third-order valence-corrected chi connectivity index (χ3v) is 3.83. The lowest BCUT2D eigenvalue weighted by atomic mass is 10.1. The van der Waals surface area contributed by atoms with Gasteiger partial charge in [-0.2, -0.15) is 12.6 Å². The Kier molecular flexibility index (Phi) is 4.39. The number of nitrogens with zero attached hydrogens (tertiary/aromatic N) is 3. The largest absolute Gasteiger partial charge is 0.298 e. The number of nitro benzene ring substituents is 1. The first-order chi connectivity index (χ1) is 9.56. The van der Waals surface area contributed by atoms with Crippen molar-refractivity contribution in [2.24, 2.45) is 5.92 Å². The predicted molar refractivity (Wildman–Crippen MR) is 80.3 cm³/mol. The van der Waals surface area contributed by atoms with Gasteiger partial charge in [0.1, 0.15) is 0 Å². The summed E-state index contributed by atoms with van der Waals surface area (Å²) in [5.74, 6) is 0.949. The standard InChI is InChI=1S/C13H15N3O3S/c1-2-9(7-20)6-15-8-14-12-4-3-10(16(18)19)5-11(12)13(15)17/h3-5,8-9,20H,2,6-7H2,1H3. The second-order valence-corrected chi connectivity index (χ2v) is 4.98. The summed E-state index contributed by atoms with van der Waals surface area (Å²) >= 11 is 4.25. The van der Waals surface area contributed by atoms with Crippen LogP contribution in [-0.4, -0.2) is 20.2 Å². The van der Waals surface area contributed by atoms with Crippen LogP contribution in [0.4, 0.5) is 5.69 Å². The van der Waals surface area contributed by atoms with Gasteiger partial charge in [0.15, 0.2) is 0 Å². The molecule has 2 rings (SSSR count). The van der Waals surface area contributed by atoms with Gasteiger partial charge >= 0.3 is 0 Å². The molecule has 0 saturated heterocycles. The molecule has 1 atom stereocenters. The SMILES string of the molecule is CCC(CS)Cn1cnc2ccc([N+](=O)[O-])cc2c1=O. The molecule has 0 fully saturated rings. The van der Waals surface area contributed by atoms with E-state index >= 15 is 0 Å². The van der Waals surface area contributed by atoms with Crippen molar-refractivity contribution in [2.75, 3.05) is 5.75 Å². The molecular formula is C13H15N3O3S. The molecule has 1 aromatic heterocycles. The molecule has 1 aromatic carbocycles. The Labute approximate surface area is 121 Å². The number of benzene rings is 1. The molecule has 0 aliphatic heterocycles. The summed E-state index contributed by atoms with van der Waals surface area (Å²) in [6.45, 7) is 2.55. The van der Waals surface area contributed by atoms with Crippen molar-refractivity contribution < 1.29 is 4.92 Å². The molecule has 1 heterocycles. The highest BCUT2D eigenvalue weighted by Crippen LogP contribution is 2.16. The molecule has 0 N–H and O–H groups in total. The van der Waals surface area contributed by atoms with Crippen molar-refractivity contribution in [3.05, 3.63) is 45.0 Å². The summed E-state index contributed by atoms with van der Waals surface area (Å²) in [6.07, 6.45) is 2.39. The van der Waals surface area contributed by atoms with Crippen LogP contribution in [0.2, 0.25) is 0 Å². The average Bonchev–Trinajstić information content (AvgIpc) is 2.46. The van der Waals surface area contributed by atoms with E-state index in [0.717, 1.165) is 6.42 Å². The molecule has 106 valence electrons. The fourth-order valence-corrected chi connectivity index (χ4v) is 2.36. The van der Waals surface area contributed by atoms with E-state index in [1.807, 2.05) is 6.92 Å². The number of fused-ring (bicyclic) bond motifs is 1. The number of rotatable bonds is 5. The van der Waals surface area contributed by atoms with Gasteiger partial charge in [-0.1, -0.05) is 13.3 Å². The number of hydrogen-bond acceptors (Lipinski definition) is 5. The van der Waals surface area contributed by atoms with E-state index in [-0.39, 0.29) is 22.6 Å². The number of thiol groups is 1. The van der Waals surface area contributed by atoms with E-state index in [2.05, 4.69) is 17.6 Å². The maximum absolute atomic E-state index is 12.3. The normalized spacial score (nSPS) is 12.5. The third kappa shape index (κ3) is 2.82. The highest BCUT2D eigenvalue weighted by Gasteiger charge is 2.12. The monoisotopic (exact) mass is 293 g/mol. The molecule has 2 aromatic rings. The summed E-state index contributed by atoms with van der Waals surface area (Å²) in [5.41, 5.74) is 0.116. The van der Waals surface area contributed by atoms with Crippen LogP contribution in [0.3, 0.4) is 0 Å². The van der Waals surface area contributed by atoms with Gasteiger partial charge in [-0.25, -0.2) is 4.98 Å². The van der Waals surface area contributed by atoms with Gasteiger partial charge in [0.2, 0.25) is 0 Å². The Morgan fingerprint density at radius 3 is 2.85 bits per heavy atom. The molecule has 20 heavy (non-hydrogen) atoms. The summed E-state index contributed by atoms with van der Waals surface area (Å²) in [6, 6.07) is 4.12. The van der Waals surface area contributed by atoms with Gasteiger partial charge in [0, 0.05) is 18.7 Å². The van der Waals surface area contributed by atoms with Crippen LogP contribution in [-0.2, 0) is 6.54 Å². The van der Waals surface area contributed by atoms with E-state index in [4.69, 9.17) is 0 Å². The van der Waals surface area contributed by atoms with Crippen molar-refractivity contribution in [3.8, 4) is 0 Å². The summed E-state index contributed by atoms with van der Waals surface area (Å²) in [7, 11) is 0. The Hall–Kier alpha value is -1.89. The first-order valence-corrected chi connectivity index (χ1v) is 6.94. The highest BCUT2D eigenvalue weighted by molar-refractivity contribution is 7.80. The fourth-order valence-electron chi connectivity index (χ4n) is 1.98. The zero-order chi connectivity index (χ0) is 14.7. The third-order valence-electron chi connectivity index (χ3n) is 3.31. The van der Waals surface area contributed by atoms with Crippen LogP contribution in [0, 0.1) is 16.0 Å². The summed E-state index contributed by atoms with van der Waals surface area (Å²) in [4.78, 5) is 26.8. The van der Waals surface area contributed by atoms with E-state index in [9.17, 15) is 14.9 Å². The number of hydrogen-bond donors (Lipinski definition) is 1. The van der Waals surface area contributed by atoms with E-state index in [0.29, 0.717) is 17.8 Å². The number of nitro groups is 1. The zero-order valence-corrected chi connectivity index (χ0v) is 11.9. The van der Waals surface area contributed by atoms with Crippen LogP contribution in [0.1, 0.15) is 13.3 Å². The molecule has 0 aliphatic rings. The van der Waals surface area contributed by atoms with Gasteiger partial charge in [-0.15, -0.1) is 0 Å². The molecular weight excluding hydrogens is 278 g/mol. The van der Waals surface area contributed by atoms with Gasteiger partial charge in [0.05, 0.1) is 22.2 Å². The Balaban J connectivity index is 2.51. The lowest BCUT2D eigenvalue weighted by Crippen LogP contribution is -2.25. The molecule has 0 spiro atoms. The first kappa shape index (κ1) is 14.5. The first-order valence-electron chi connectivity index (χ1n) is 6.31. The minimum Gasteiger partial charge on any atom is -0.298 e. The molecule has 0 bridgehead atoms.